The van der Waals surface area contributed by atoms with E-state index >= 15 is 0 Å². The number of rotatable bonds is 9. The van der Waals surface area contributed by atoms with Crippen LogP contribution in [0.5, 0.6) is 17.2 Å². The van der Waals surface area contributed by atoms with E-state index in [1.807, 2.05) is 49.4 Å². The van der Waals surface area contributed by atoms with Crippen LogP contribution >= 0.6 is 0 Å². The van der Waals surface area contributed by atoms with Crippen LogP contribution in [-0.2, 0) is 22.6 Å². The Balaban J connectivity index is 1.89. The first kappa shape index (κ1) is 18.6. The summed E-state index contributed by atoms with van der Waals surface area (Å²) in [7, 11) is 3.20. The van der Waals surface area contributed by atoms with Gasteiger partial charge in [0, 0.05) is 0 Å². The fourth-order valence-electron chi connectivity index (χ4n) is 2.26. The molecular formula is C20H24O5. The molecule has 0 aliphatic rings. The van der Waals surface area contributed by atoms with Gasteiger partial charge in [-0.05, 0) is 41.8 Å². The lowest BCUT2D eigenvalue weighted by Crippen LogP contribution is -2.08. The molecule has 2 aromatic carbocycles. The van der Waals surface area contributed by atoms with Crippen molar-refractivity contribution >= 4 is 5.97 Å². The van der Waals surface area contributed by atoms with Crippen LogP contribution in [0.3, 0.4) is 0 Å². The average Bonchev–Trinajstić information content (AvgIpc) is 2.65. The Labute approximate surface area is 148 Å². The van der Waals surface area contributed by atoms with Crippen LogP contribution in [-0.4, -0.2) is 26.8 Å². The zero-order valence-electron chi connectivity index (χ0n) is 14.9. The minimum atomic E-state index is -0.282. The van der Waals surface area contributed by atoms with E-state index in [-0.39, 0.29) is 19.0 Å². The molecule has 2 rings (SSSR count). The fraction of sp³-hybridized carbons (Fsp3) is 0.350. The van der Waals surface area contributed by atoms with Crippen molar-refractivity contribution in [3.05, 3.63) is 53.6 Å². The maximum absolute atomic E-state index is 12.0. The SMILES string of the molecule is CCCOc1ccc(COC(=O)Cc2ccc(OC)cc2)cc1OC. The first-order valence-corrected chi connectivity index (χ1v) is 8.24. The third-order valence-electron chi connectivity index (χ3n) is 3.60. The highest BCUT2D eigenvalue weighted by atomic mass is 16.5. The maximum Gasteiger partial charge on any atom is 0.310 e. The van der Waals surface area contributed by atoms with Gasteiger partial charge in [0.05, 0.1) is 27.2 Å². The number of hydrogen-bond donors (Lipinski definition) is 0. The smallest absolute Gasteiger partial charge is 0.310 e. The van der Waals surface area contributed by atoms with Gasteiger partial charge in [-0.25, -0.2) is 0 Å². The molecule has 0 unspecified atom stereocenters. The number of carbonyl (C=O) groups is 1. The zero-order chi connectivity index (χ0) is 18.1. The van der Waals surface area contributed by atoms with Gasteiger partial charge in [-0.3, -0.25) is 4.79 Å². The largest absolute Gasteiger partial charge is 0.497 e. The van der Waals surface area contributed by atoms with Gasteiger partial charge in [-0.1, -0.05) is 25.1 Å². The topological polar surface area (TPSA) is 54.0 Å². The standard InChI is InChI=1S/C20H24O5/c1-4-11-24-18-10-7-16(12-19(18)23-3)14-25-20(21)13-15-5-8-17(22-2)9-6-15/h5-10,12H,4,11,13-14H2,1-3H3. The van der Waals surface area contributed by atoms with Crippen LogP contribution in [0.4, 0.5) is 0 Å². The lowest BCUT2D eigenvalue weighted by Gasteiger charge is -2.12. The minimum Gasteiger partial charge on any atom is -0.497 e. The van der Waals surface area contributed by atoms with Gasteiger partial charge in [0.2, 0.25) is 0 Å². The van der Waals surface area contributed by atoms with Gasteiger partial charge >= 0.3 is 5.97 Å². The molecule has 0 saturated heterocycles. The monoisotopic (exact) mass is 344 g/mol. The van der Waals surface area contributed by atoms with E-state index in [0.29, 0.717) is 18.1 Å². The Morgan fingerprint density at radius 1 is 0.920 bits per heavy atom. The molecule has 0 N–H and O–H groups in total. The first-order valence-electron chi connectivity index (χ1n) is 8.24. The number of esters is 1. The molecule has 0 fully saturated rings. The van der Waals surface area contributed by atoms with E-state index in [1.165, 1.54) is 0 Å². The highest BCUT2D eigenvalue weighted by molar-refractivity contribution is 5.72. The van der Waals surface area contributed by atoms with Crippen LogP contribution in [0.15, 0.2) is 42.5 Å². The second-order valence-corrected chi connectivity index (χ2v) is 5.52. The van der Waals surface area contributed by atoms with E-state index in [9.17, 15) is 4.79 Å². The first-order chi connectivity index (χ1) is 12.2. The lowest BCUT2D eigenvalue weighted by atomic mass is 10.1. The number of ether oxygens (including phenoxy) is 4. The number of carbonyl (C=O) groups excluding carboxylic acids is 1. The molecular weight excluding hydrogens is 320 g/mol. The minimum absolute atomic E-state index is 0.194. The van der Waals surface area contributed by atoms with Crippen molar-refractivity contribution < 1.29 is 23.7 Å². The predicted molar refractivity (Wildman–Crippen MR) is 95.3 cm³/mol. The van der Waals surface area contributed by atoms with Gasteiger partial charge < -0.3 is 18.9 Å². The lowest BCUT2D eigenvalue weighted by molar-refractivity contribution is -0.144. The van der Waals surface area contributed by atoms with Crippen molar-refractivity contribution in [3.8, 4) is 17.2 Å². The molecule has 2 aromatic rings. The van der Waals surface area contributed by atoms with Crippen LogP contribution in [0, 0.1) is 0 Å². The second kappa shape index (κ2) is 9.57. The third kappa shape index (κ3) is 5.71. The molecule has 0 heterocycles. The summed E-state index contributed by atoms with van der Waals surface area (Å²) in [6.45, 7) is 2.87. The predicted octanol–water partition coefficient (Wildman–Crippen LogP) is 3.78. The van der Waals surface area contributed by atoms with Crippen LogP contribution in [0.25, 0.3) is 0 Å². The highest BCUT2D eigenvalue weighted by Crippen LogP contribution is 2.28. The van der Waals surface area contributed by atoms with Gasteiger partial charge in [-0.2, -0.15) is 0 Å². The molecule has 0 spiro atoms. The molecule has 0 atom stereocenters. The molecule has 25 heavy (non-hydrogen) atoms. The summed E-state index contributed by atoms with van der Waals surface area (Å²) in [5.41, 5.74) is 1.73. The molecule has 5 nitrogen and oxygen atoms in total. The quantitative estimate of drug-likeness (QED) is 0.648. The van der Waals surface area contributed by atoms with Gasteiger partial charge in [0.25, 0.3) is 0 Å². The van der Waals surface area contributed by atoms with E-state index < -0.39 is 0 Å². The van der Waals surface area contributed by atoms with Crippen LogP contribution in [0.2, 0.25) is 0 Å². The Morgan fingerprint density at radius 2 is 1.64 bits per heavy atom. The van der Waals surface area contributed by atoms with Crippen molar-refractivity contribution in [2.75, 3.05) is 20.8 Å². The fourth-order valence-corrected chi connectivity index (χ4v) is 2.26. The number of methoxy groups -OCH3 is 2. The number of benzene rings is 2. The summed E-state index contributed by atoms with van der Waals surface area (Å²) in [5.74, 6) is 1.81. The summed E-state index contributed by atoms with van der Waals surface area (Å²) in [4.78, 5) is 12.0. The summed E-state index contributed by atoms with van der Waals surface area (Å²) >= 11 is 0. The summed E-state index contributed by atoms with van der Waals surface area (Å²) in [5, 5.41) is 0. The zero-order valence-corrected chi connectivity index (χ0v) is 14.9. The highest BCUT2D eigenvalue weighted by Gasteiger charge is 2.09. The van der Waals surface area contributed by atoms with E-state index in [0.717, 1.165) is 23.3 Å². The van der Waals surface area contributed by atoms with Crippen molar-refractivity contribution in [2.45, 2.75) is 26.4 Å². The van der Waals surface area contributed by atoms with Gasteiger partial charge in [-0.15, -0.1) is 0 Å². The average molecular weight is 344 g/mol. The second-order valence-electron chi connectivity index (χ2n) is 5.52. The molecule has 0 aliphatic carbocycles. The van der Waals surface area contributed by atoms with Crippen molar-refractivity contribution in [1.82, 2.24) is 0 Å². The molecule has 0 aromatic heterocycles. The molecule has 0 saturated carbocycles. The Morgan fingerprint density at radius 3 is 2.28 bits per heavy atom. The van der Waals surface area contributed by atoms with Gasteiger partial charge in [0.1, 0.15) is 12.4 Å². The molecule has 5 heteroatoms. The van der Waals surface area contributed by atoms with Crippen LogP contribution < -0.4 is 14.2 Å². The molecule has 0 aliphatic heterocycles. The van der Waals surface area contributed by atoms with Crippen LogP contribution in [0.1, 0.15) is 24.5 Å². The summed E-state index contributed by atoms with van der Waals surface area (Å²) in [6, 6.07) is 12.9. The van der Waals surface area contributed by atoms with E-state index in [4.69, 9.17) is 18.9 Å². The molecule has 0 amide bonds. The molecule has 134 valence electrons. The van der Waals surface area contributed by atoms with Gasteiger partial charge in [0.15, 0.2) is 11.5 Å². The number of hydrogen-bond acceptors (Lipinski definition) is 5. The van der Waals surface area contributed by atoms with Crippen molar-refractivity contribution in [2.24, 2.45) is 0 Å². The van der Waals surface area contributed by atoms with E-state index in [2.05, 4.69) is 0 Å². The van der Waals surface area contributed by atoms with E-state index in [1.54, 1.807) is 14.2 Å². The Hall–Kier alpha value is -2.69. The third-order valence-corrected chi connectivity index (χ3v) is 3.60. The summed E-state index contributed by atoms with van der Waals surface area (Å²) in [6.07, 6.45) is 1.15. The Kier molecular flexibility index (Phi) is 7.14. The maximum atomic E-state index is 12.0. The van der Waals surface area contributed by atoms with Crippen molar-refractivity contribution in [3.63, 3.8) is 0 Å². The van der Waals surface area contributed by atoms with Crippen molar-refractivity contribution in [1.29, 1.82) is 0 Å². The molecule has 0 radical (unpaired) electrons. The molecule has 0 bridgehead atoms. The normalized spacial score (nSPS) is 10.2. The summed E-state index contributed by atoms with van der Waals surface area (Å²) < 4.78 is 21.4. The Bertz CT molecular complexity index is 679.